The molecule has 0 aliphatic rings. The van der Waals surface area contributed by atoms with E-state index in [-0.39, 0.29) is 12.2 Å². The lowest BCUT2D eigenvalue weighted by Crippen LogP contribution is -2.16. The molecule has 0 bridgehead atoms. The molecular formula is C13H18ClNO3. The number of anilines is 1. The highest BCUT2D eigenvalue weighted by Gasteiger charge is 2.12. The molecule has 100 valence electrons. The molecule has 0 heterocycles. The maximum absolute atomic E-state index is 11.1. The summed E-state index contributed by atoms with van der Waals surface area (Å²) >= 11 is 5.78. The highest BCUT2D eigenvalue weighted by Crippen LogP contribution is 2.21. The van der Waals surface area contributed by atoms with Crippen molar-refractivity contribution in [3.05, 3.63) is 28.8 Å². The summed E-state index contributed by atoms with van der Waals surface area (Å²) in [6.45, 7) is 2.83. The van der Waals surface area contributed by atoms with E-state index in [0.717, 1.165) is 6.42 Å². The minimum Gasteiger partial charge on any atom is -0.478 e. The summed E-state index contributed by atoms with van der Waals surface area (Å²) in [6.07, 6.45) is 1.64. The first-order valence-electron chi connectivity index (χ1n) is 5.96. The molecule has 18 heavy (non-hydrogen) atoms. The minimum atomic E-state index is -1.00. The van der Waals surface area contributed by atoms with Crippen LogP contribution >= 0.6 is 11.6 Å². The Labute approximate surface area is 112 Å². The Morgan fingerprint density at radius 1 is 1.50 bits per heavy atom. The molecule has 0 spiro atoms. The van der Waals surface area contributed by atoms with E-state index in [4.69, 9.17) is 21.8 Å². The molecular weight excluding hydrogens is 254 g/mol. The summed E-state index contributed by atoms with van der Waals surface area (Å²) in [5, 5.41) is 21.5. The fourth-order valence-electron chi connectivity index (χ4n) is 1.73. The molecule has 1 rings (SSSR count). The smallest absolute Gasteiger partial charge is 0.337 e. The summed E-state index contributed by atoms with van der Waals surface area (Å²) in [7, 11) is 0. The second-order valence-electron chi connectivity index (χ2n) is 4.16. The number of halogens is 1. The number of aliphatic hydroxyl groups is 1. The number of hydrogen-bond acceptors (Lipinski definition) is 3. The third kappa shape index (κ3) is 4.20. The van der Waals surface area contributed by atoms with Crippen LogP contribution in [0.2, 0.25) is 5.02 Å². The first-order chi connectivity index (χ1) is 8.58. The lowest BCUT2D eigenvalue weighted by molar-refractivity contribution is 0.0698. The van der Waals surface area contributed by atoms with Crippen LogP contribution in [0.1, 0.15) is 30.1 Å². The van der Waals surface area contributed by atoms with Gasteiger partial charge in [-0.3, -0.25) is 0 Å². The normalized spacial score (nSPS) is 12.2. The highest BCUT2D eigenvalue weighted by molar-refractivity contribution is 6.31. The molecule has 3 N–H and O–H groups in total. The summed E-state index contributed by atoms with van der Waals surface area (Å²) in [6, 6.07) is 4.75. The number of benzene rings is 1. The van der Waals surface area contributed by atoms with Gasteiger partial charge in [0, 0.05) is 23.9 Å². The van der Waals surface area contributed by atoms with Gasteiger partial charge >= 0.3 is 5.97 Å². The van der Waals surface area contributed by atoms with E-state index in [2.05, 4.69) is 5.32 Å². The van der Waals surface area contributed by atoms with Gasteiger partial charge < -0.3 is 15.5 Å². The van der Waals surface area contributed by atoms with E-state index < -0.39 is 5.97 Å². The number of nitrogens with one attached hydrogen (secondary N) is 1. The molecule has 1 unspecified atom stereocenters. The fourth-order valence-corrected chi connectivity index (χ4v) is 1.91. The molecule has 0 fully saturated rings. The first-order valence-corrected chi connectivity index (χ1v) is 6.33. The summed E-state index contributed by atoms with van der Waals surface area (Å²) in [5.41, 5.74) is 0.727. The lowest BCUT2D eigenvalue weighted by Gasteiger charge is -2.16. The van der Waals surface area contributed by atoms with Crippen LogP contribution in [0.3, 0.4) is 0 Å². The van der Waals surface area contributed by atoms with Crippen LogP contribution in [0.5, 0.6) is 0 Å². The molecule has 1 aromatic rings. The van der Waals surface area contributed by atoms with Gasteiger partial charge in [-0.2, -0.15) is 0 Å². The number of carboxylic acid groups (broad SMARTS) is 1. The molecule has 0 radical (unpaired) electrons. The third-order valence-corrected chi connectivity index (χ3v) is 3.14. The van der Waals surface area contributed by atoms with E-state index in [1.165, 1.54) is 6.07 Å². The molecule has 5 heteroatoms. The minimum absolute atomic E-state index is 0.145. The molecule has 0 saturated heterocycles. The standard InChI is InChI=1S/C13H18ClNO3/c1-2-9(5-6-16)8-15-12-4-3-10(14)7-11(12)13(17)18/h3-4,7,9,15-16H,2,5-6,8H2,1H3,(H,17,18). The van der Waals surface area contributed by atoms with Crippen molar-refractivity contribution in [1.29, 1.82) is 0 Å². The maximum Gasteiger partial charge on any atom is 0.337 e. The van der Waals surface area contributed by atoms with Gasteiger partial charge in [-0.25, -0.2) is 4.79 Å². The lowest BCUT2D eigenvalue weighted by atomic mass is 10.0. The SMILES string of the molecule is CCC(CCO)CNc1ccc(Cl)cc1C(=O)O. The maximum atomic E-state index is 11.1. The van der Waals surface area contributed by atoms with Gasteiger partial charge in [-0.15, -0.1) is 0 Å². The molecule has 1 aromatic carbocycles. The van der Waals surface area contributed by atoms with Gasteiger partial charge in [0.2, 0.25) is 0 Å². The number of aliphatic hydroxyl groups excluding tert-OH is 1. The van der Waals surface area contributed by atoms with Gasteiger partial charge in [-0.05, 0) is 30.5 Å². The predicted octanol–water partition coefficient (Wildman–Crippen LogP) is 2.86. The third-order valence-electron chi connectivity index (χ3n) is 2.91. The quantitative estimate of drug-likeness (QED) is 0.713. The molecule has 0 aliphatic heterocycles. The number of carboxylic acids is 1. The molecule has 0 aromatic heterocycles. The van der Waals surface area contributed by atoms with Gasteiger partial charge in [0.05, 0.1) is 5.56 Å². The predicted molar refractivity (Wildman–Crippen MR) is 72.4 cm³/mol. The van der Waals surface area contributed by atoms with Crippen LogP contribution in [-0.4, -0.2) is 29.3 Å². The van der Waals surface area contributed by atoms with Crippen molar-refractivity contribution < 1.29 is 15.0 Å². The Bertz CT molecular complexity index is 409. The van der Waals surface area contributed by atoms with Gasteiger partial charge in [0.25, 0.3) is 0 Å². The van der Waals surface area contributed by atoms with Gasteiger partial charge in [0.1, 0.15) is 0 Å². The molecule has 4 nitrogen and oxygen atoms in total. The van der Waals surface area contributed by atoms with E-state index in [0.29, 0.717) is 29.6 Å². The Morgan fingerprint density at radius 2 is 2.22 bits per heavy atom. The topological polar surface area (TPSA) is 69.6 Å². The van der Waals surface area contributed by atoms with Crippen molar-refractivity contribution in [2.75, 3.05) is 18.5 Å². The first kappa shape index (κ1) is 14.8. The number of hydrogen-bond donors (Lipinski definition) is 3. The molecule has 1 atom stereocenters. The van der Waals surface area contributed by atoms with E-state index >= 15 is 0 Å². The zero-order valence-electron chi connectivity index (χ0n) is 10.3. The van der Waals surface area contributed by atoms with Crippen molar-refractivity contribution in [3.8, 4) is 0 Å². The molecule has 0 amide bonds. The fraction of sp³-hybridized carbons (Fsp3) is 0.462. The Morgan fingerprint density at radius 3 is 2.78 bits per heavy atom. The van der Waals surface area contributed by atoms with Crippen LogP contribution in [0.15, 0.2) is 18.2 Å². The van der Waals surface area contributed by atoms with Crippen LogP contribution in [0.4, 0.5) is 5.69 Å². The second-order valence-corrected chi connectivity index (χ2v) is 4.60. The van der Waals surface area contributed by atoms with Crippen molar-refractivity contribution in [2.24, 2.45) is 5.92 Å². The van der Waals surface area contributed by atoms with E-state index in [1.807, 2.05) is 6.92 Å². The van der Waals surface area contributed by atoms with Crippen molar-refractivity contribution in [2.45, 2.75) is 19.8 Å². The number of carbonyl (C=O) groups is 1. The summed E-state index contributed by atoms with van der Waals surface area (Å²) in [4.78, 5) is 11.1. The van der Waals surface area contributed by atoms with Crippen molar-refractivity contribution in [1.82, 2.24) is 0 Å². The number of rotatable bonds is 7. The average Bonchev–Trinajstić information content (AvgIpc) is 2.35. The van der Waals surface area contributed by atoms with Crippen LogP contribution in [-0.2, 0) is 0 Å². The zero-order valence-corrected chi connectivity index (χ0v) is 11.1. The summed E-state index contributed by atoms with van der Waals surface area (Å²) in [5.74, 6) is -0.678. The van der Waals surface area contributed by atoms with Crippen LogP contribution < -0.4 is 5.32 Å². The number of aromatic carboxylic acids is 1. The monoisotopic (exact) mass is 271 g/mol. The Kier molecular flexibility index (Phi) is 5.95. The largest absolute Gasteiger partial charge is 0.478 e. The van der Waals surface area contributed by atoms with Gasteiger partial charge in [0.15, 0.2) is 0 Å². The Hall–Kier alpha value is -1.26. The van der Waals surface area contributed by atoms with Crippen molar-refractivity contribution in [3.63, 3.8) is 0 Å². The van der Waals surface area contributed by atoms with Crippen LogP contribution in [0, 0.1) is 5.92 Å². The summed E-state index contributed by atoms with van der Waals surface area (Å²) < 4.78 is 0. The van der Waals surface area contributed by atoms with E-state index in [1.54, 1.807) is 12.1 Å². The molecule has 0 saturated carbocycles. The second kappa shape index (κ2) is 7.24. The average molecular weight is 272 g/mol. The highest BCUT2D eigenvalue weighted by atomic mass is 35.5. The molecule has 0 aliphatic carbocycles. The Balaban J connectivity index is 2.74. The van der Waals surface area contributed by atoms with Crippen molar-refractivity contribution >= 4 is 23.3 Å². The van der Waals surface area contributed by atoms with Crippen LogP contribution in [0.25, 0.3) is 0 Å². The van der Waals surface area contributed by atoms with Gasteiger partial charge in [-0.1, -0.05) is 24.9 Å². The van der Waals surface area contributed by atoms with E-state index in [9.17, 15) is 4.79 Å². The zero-order chi connectivity index (χ0) is 13.5.